The maximum Gasteiger partial charge on any atom is 0.126 e. The molecule has 0 aliphatic carbocycles. The maximum absolute atomic E-state index is 13.8. The van der Waals surface area contributed by atoms with Gasteiger partial charge in [-0.25, -0.2) is 4.39 Å². The molecule has 0 amide bonds. The first-order valence-corrected chi connectivity index (χ1v) is 7.70. The molecule has 0 aliphatic rings. The Hall–Kier alpha value is -0.490. The van der Waals surface area contributed by atoms with Crippen molar-refractivity contribution in [3.8, 4) is 0 Å². The number of rotatable bonds is 10. The number of hydrogen-bond donors (Lipinski definition) is 1. The Morgan fingerprint density at radius 1 is 1.30 bits per heavy atom. The van der Waals surface area contributed by atoms with Crippen molar-refractivity contribution in [2.75, 3.05) is 33.5 Å². The van der Waals surface area contributed by atoms with Crippen LogP contribution in [0.2, 0.25) is 0 Å². The van der Waals surface area contributed by atoms with Crippen LogP contribution in [0.1, 0.15) is 18.9 Å². The van der Waals surface area contributed by atoms with Gasteiger partial charge in [0.05, 0.1) is 13.2 Å². The van der Waals surface area contributed by atoms with Gasteiger partial charge >= 0.3 is 0 Å². The first-order valence-electron chi connectivity index (χ1n) is 6.91. The van der Waals surface area contributed by atoms with E-state index < -0.39 is 0 Å². The number of halogens is 2. The van der Waals surface area contributed by atoms with Crippen LogP contribution >= 0.6 is 15.9 Å². The van der Waals surface area contributed by atoms with Crippen LogP contribution in [0.4, 0.5) is 4.39 Å². The molecule has 20 heavy (non-hydrogen) atoms. The molecular weight excluding hydrogens is 325 g/mol. The van der Waals surface area contributed by atoms with Gasteiger partial charge in [0.1, 0.15) is 5.82 Å². The normalized spacial score (nSPS) is 12.6. The van der Waals surface area contributed by atoms with Crippen LogP contribution in [-0.2, 0) is 15.9 Å². The number of methoxy groups -OCH3 is 1. The Labute approximate surface area is 129 Å². The molecule has 0 aromatic heterocycles. The summed E-state index contributed by atoms with van der Waals surface area (Å²) in [6, 6.07) is 5.27. The first-order chi connectivity index (χ1) is 9.67. The van der Waals surface area contributed by atoms with Crippen molar-refractivity contribution in [2.45, 2.75) is 25.8 Å². The van der Waals surface area contributed by atoms with Gasteiger partial charge in [-0.2, -0.15) is 0 Å². The summed E-state index contributed by atoms with van der Waals surface area (Å²) in [6.45, 7) is 4.76. The van der Waals surface area contributed by atoms with Gasteiger partial charge in [-0.05, 0) is 43.1 Å². The van der Waals surface area contributed by atoms with E-state index >= 15 is 0 Å². The Morgan fingerprint density at radius 3 is 2.80 bits per heavy atom. The number of likely N-dealkylation sites (N-methyl/N-ethyl adjacent to an activating group) is 1. The highest BCUT2D eigenvalue weighted by atomic mass is 79.9. The predicted octanol–water partition coefficient (Wildman–Crippen LogP) is 3.16. The molecule has 1 rings (SSSR count). The lowest BCUT2D eigenvalue weighted by molar-refractivity contribution is 0.0658. The molecule has 3 nitrogen and oxygen atoms in total. The van der Waals surface area contributed by atoms with Gasteiger partial charge in [0, 0.05) is 24.2 Å². The fourth-order valence-electron chi connectivity index (χ4n) is 2.00. The van der Waals surface area contributed by atoms with E-state index in [4.69, 9.17) is 9.47 Å². The number of nitrogens with one attached hydrogen (secondary N) is 1. The topological polar surface area (TPSA) is 30.5 Å². The molecule has 0 heterocycles. The second-order valence-corrected chi connectivity index (χ2v) is 5.50. The minimum absolute atomic E-state index is 0.156. The number of benzene rings is 1. The van der Waals surface area contributed by atoms with Crippen molar-refractivity contribution >= 4 is 15.9 Å². The van der Waals surface area contributed by atoms with Crippen molar-refractivity contribution < 1.29 is 13.9 Å². The lowest BCUT2D eigenvalue weighted by Gasteiger charge is -2.18. The van der Waals surface area contributed by atoms with E-state index in [1.54, 1.807) is 13.2 Å². The Morgan fingerprint density at radius 2 is 2.10 bits per heavy atom. The van der Waals surface area contributed by atoms with Crippen LogP contribution in [-0.4, -0.2) is 39.5 Å². The molecule has 1 atom stereocenters. The zero-order valence-corrected chi connectivity index (χ0v) is 13.7. The van der Waals surface area contributed by atoms with Crippen LogP contribution in [0, 0.1) is 5.82 Å². The highest BCUT2D eigenvalue weighted by molar-refractivity contribution is 9.10. The molecule has 1 N–H and O–H groups in total. The molecule has 1 unspecified atom stereocenters. The van der Waals surface area contributed by atoms with Gasteiger partial charge in [0.25, 0.3) is 0 Å². The van der Waals surface area contributed by atoms with E-state index in [0.717, 1.165) is 23.0 Å². The summed E-state index contributed by atoms with van der Waals surface area (Å²) in [5.74, 6) is -0.156. The Bertz CT molecular complexity index is 390. The highest BCUT2D eigenvalue weighted by Gasteiger charge is 2.12. The summed E-state index contributed by atoms with van der Waals surface area (Å²) in [5.41, 5.74) is 0.724. The number of hydrogen-bond acceptors (Lipinski definition) is 3. The second-order valence-electron chi connectivity index (χ2n) is 4.59. The summed E-state index contributed by atoms with van der Waals surface area (Å²) in [6.07, 6.45) is 1.51. The summed E-state index contributed by atoms with van der Waals surface area (Å²) < 4.78 is 25.1. The van der Waals surface area contributed by atoms with Crippen LogP contribution in [0.3, 0.4) is 0 Å². The first kappa shape index (κ1) is 17.6. The third kappa shape index (κ3) is 6.79. The largest absolute Gasteiger partial charge is 0.382 e. The summed E-state index contributed by atoms with van der Waals surface area (Å²) in [5, 5.41) is 3.38. The van der Waals surface area contributed by atoms with Gasteiger partial charge in [-0.3, -0.25) is 0 Å². The van der Waals surface area contributed by atoms with Gasteiger partial charge in [0.15, 0.2) is 0 Å². The molecule has 5 heteroatoms. The molecule has 0 saturated carbocycles. The third-order valence-corrected chi connectivity index (χ3v) is 3.50. The molecule has 0 radical (unpaired) electrons. The lowest BCUT2D eigenvalue weighted by Crippen LogP contribution is -2.32. The fourth-order valence-corrected chi connectivity index (χ4v) is 2.41. The maximum atomic E-state index is 13.8. The van der Waals surface area contributed by atoms with E-state index in [1.165, 1.54) is 6.07 Å². The quantitative estimate of drug-likeness (QED) is 0.659. The van der Waals surface area contributed by atoms with E-state index in [9.17, 15) is 4.39 Å². The van der Waals surface area contributed by atoms with Crippen LogP contribution in [0.25, 0.3) is 0 Å². The third-order valence-electron chi connectivity index (χ3n) is 3.01. The zero-order chi connectivity index (χ0) is 14.8. The Balaban J connectivity index is 2.47. The van der Waals surface area contributed by atoms with E-state index in [1.807, 2.05) is 6.07 Å². The standard InChI is InChI=1S/C15H23BrFNO2/c1-3-18-14(6-7-20-9-8-19-2)11-12-10-13(16)4-5-15(12)17/h4-5,10,14,18H,3,6-9,11H2,1-2H3. The van der Waals surface area contributed by atoms with Crippen molar-refractivity contribution in [3.05, 3.63) is 34.1 Å². The van der Waals surface area contributed by atoms with Crippen LogP contribution < -0.4 is 5.32 Å². The van der Waals surface area contributed by atoms with Gasteiger partial charge in [-0.15, -0.1) is 0 Å². The summed E-state index contributed by atoms with van der Waals surface area (Å²) in [4.78, 5) is 0. The highest BCUT2D eigenvalue weighted by Crippen LogP contribution is 2.17. The van der Waals surface area contributed by atoms with E-state index in [2.05, 4.69) is 28.2 Å². The molecule has 0 bridgehead atoms. The molecule has 114 valence electrons. The van der Waals surface area contributed by atoms with Gasteiger partial charge in [0.2, 0.25) is 0 Å². The molecule has 1 aromatic rings. The second kappa shape index (κ2) is 10.3. The fraction of sp³-hybridized carbons (Fsp3) is 0.600. The molecule has 0 saturated heterocycles. The minimum atomic E-state index is -0.156. The molecular formula is C15H23BrFNO2. The lowest BCUT2D eigenvalue weighted by atomic mass is 10.0. The van der Waals surface area contributed by atoms with Gasteiger partial charge in [-0.1, -0.05) is 22.9 Å². The van der Waals surface area contributed by atoms with E-state index in [0.29, 0.717) is 26.2 Å². The van der Waals surface area contributed by atoms with Crippen molar-refractivity contribution in [2.24, 2.45) is 0 Å². The summed E-state index contributed by atoms with van der Waals surface area (Å²) in [7, 11) is 1.65. The smallest absolute Gasteiger partial charge is 0.126 e. The average Bonchev–Trinajstić information content (AvgIpc) is 2.42. The van der Waals surface area contributed by atoms with Crippen LogP contribution in [0.15, 0.2) is 22.7 Å². The molecule has 0 aliphatic heterocycles. The van der Waals surface area contributed by atoms with Crippen molar-refractivity contribution in [3.63, 3.8) is 0 Å². The van der Waals surface area contributed by atoms with E-state index in [-0.39, 0.29) is 11.9 Å². The Kier molecular flexibility index (Phi) is 9.02. The molecule has 1 aromatic carbocycles. The SMILES string of the molecule is CCNC(CCOCCOC)Cc1cc(Br)ccc1F. The van der Waals surface area contributed by atoms with Crippen molar-refractivity contribution in [1.82, 2.24) is 5.32 Å². The average molecular weight is 348 g/mol. The molecule has 0 spiro atoms. The summed E-state index contributed by atoms with van der Waals surface area (Å²) >= 11 is 3.38. The predicted molar refractivity (Wildman–Crippen MR) is 82.6 cm³/mol. The number of ether oxygens (including phenoxy) is 2. The minimum Gasteiger partial charge on any atom is -0.382 e. The van der Waals surface area contributed by atoms with Crippen LogP contribution in [0.5, 0.6) is 0 Å². The zero-order valence-electron chi connectivity index (χ0n) is 12.1. The van der Waals surface area contributed by atoms with Crippen molar-refractivity contribution in [1.29, 1.82) is 0 Å². The van der Waals surface area contributed by atoms with Gasteiger partial charge < -0.3 is 14.8 Å². The monoisotopic (exact) mass is 347 g/mol. The molecule has 0 fully saturated rings.